The lowest BCUT2D eigenvalue weighted by molar-refractivity contribution is -0.120. The minimum atomic E-state index is -3.07. The number of rotatable bonds is 7. The summed E-state index contributed by atoms with van der Waals surface area (Å²) in [6.45, 7) is 1.68. The molecular weight excluding hydrogens is 294 g/mol. The van der Waals surface area contributed by atoms with Gasteiger partial charge < -0.3 is 16.3 Å². The molecule has 21 heavy (non-hydrogen) atoms. The molecule has 0 atom stereocenters. The third-order valence-electron chi connectivity index (χ3n) is 2.90. The van der Waals surface area contributed by atoms with Crippen LogP contribution in [0, 0.1) is 0 Å². The summed E-state index contributed by atoms with van der Waals surface area (Å²) in [5.41, 5.74) is 6.73. The van der Waals surface area contributed by atoms with Crippen molar-refractivity contribution in [3.63, 3.8) is 0 Å². The molecule has 4 N–H and O–H groups in total. The second-order valence-corrected chi connectivity index (χ2v) is 6.92. The highest BCUT2D eigenvalue weighted by Crippen LogP contribution is 2.05. The van der Waals surface area contributed by atoms with Crippen LogP contribution in [0.2, 0.25) is 0 Å². The van der Waals surface area contributed by atoms with E-state index in [4.69, 9.17) is 10.9 Å². The Bertz CT molecular complexity index is 609. The van der Waals surface area contributed by atoms with Crippen molar-refractivity contribution < 1.29 is 18.4 Å². The zero-order chi connectivity index (χ0) is 15.9. The smallest absolute Gasteiger partial charge is 0.224 e. The van der Waals surface area contributed by atoms with E-state index in [1.807, 2.05) is 0 Å². The van der Waals surface area contributed by atoms with Gasteiger partial charge in [-0.3, -0.25) is 4.79 Å². The van der Waals surface area contributed by atoms with Gasteiger partial charge in [0.1, 0.15) is 0 Å². The average molecular weight is 313 g/mol. The van der Waals surface area contributed by atoms with E-state index in [0.29, 0.717) is 5.56 Å². The molecular formula is C13H19N3O4S. The Morgan fingerprint density at radius 3 is 2.48 bits per heavy atom. The quantitative estimate of drug-likeness (QED) is 0.280. The third-order valence-corrected chi connectivity index (χ3v) is 4.60. The number of amidine groups is 1. The predicted molar refractivity (Wildman–Crippen MR) is 80.0 cm³/mol. The number of carbonyl (C=O) groups excluding carboxylic acids is 1. The molecule has 1 amide bonds. The first-order valence-corrected chi connectivity index (χ1v) is 8.24. The largest absolute Gasteiger partial charge is 0.409 e. The van der Waals surface area contributed by atoms with Crippen LogP contribution >= 0.6 is 0 Å². The van der Waals surface area contributed by atoms with Crippen molar-refractivity contribution in [2.75, 3.05) is 18.1 Å². The standard InChI is InChI=1S/C13H19N3O4S/c1-2-21(19,20)8-7-15-12(17)9-10-3-5-11(6-4-10)13(14)16-18/h3-6,18H,2,7-9H2,1H3,(H2,14,16)(H,15,17). The van der Waals surface area contributed by atoms with Crippen LogP contribution in [0.25, 0.3) is 0 Å². The number of benzene rings is 1. The van der Waals surface area contributed by atoms with Crippen LogP contribution in [0.5, 0.6) is 0 Å². The molecule has 0 saturated carbocycles. The van der Waals surface area contributed by atoms with Crippen LogP contribution in [0.4, 0.5) is 0 Å². The zero-order valence-electron chi connectivity index (χ0n) is 11.7. The van der Waals surface area contributed by atoms with E-state index >= 15 is 0 Å². The molecule has 7 nitrogen and oxygen atoms in total. The van der Waals surface area contributed by atoms with Gasteiger partial charge in [-0.05, 0) is 5.56 Å². The maximum Gasteiger partial charge on any atom is 0.224 e. The predicted octanol–water partition coefficient (Wildman–Crippen LogP) is -0.125. The monoisotopic (exact) mass is 313 g/mol. The highest BCUT2D eigenvalue weighted by molar-refractivity contribution is 7.91. The maximum absolute atomic E-state index is 11.7. The molecule has 0 aliphatic carbocycles. The SMILES string of the molecule is CCS(=O)(=O)CCNC(=O)Cc1ccc(/C(N)=N/O)cc1. The second kappa shape index (κ2) is 7.63. The minimum Gasteiger partial charge on any atom is -0.409 e. The molecule has 0 heterocycles. The molecule has 1 aromatic rings. The van der Waals surface area contributed by atoms with Gasteiger partial charge in [-0.2, -0.15) is 0 Å². The van der Waals surface area contributed by atoms with E-state index < -0.39 is 9.84 Å². The van der Waals surface area contributed by atoms with Crippen molar-refractivity contribution in [1.29, 1.82) is 0 Å². The van der Waals surface area contributed by atoms with Gasteiger partial charge in [0, 0.05) is 17.9 Å². The van der Waals surface area contributed by atoms with Crippen LogP contribution in [0.1, 0.15) is 18.1 Å². The fourth-order valence-corrected chi connectivity index (χ4v) is 2.29. The summed E-state index contributed by atoms with van der Waals surface area (Å²) in [5, 5.41) is 14.0. The molecule has 116 valence electrons. The van der Waals surface area contributed by atoms with Gasteiger partial charge >= 0.3 is 0 Å². The number of hydrogen-bond donors (Lipinski definition) is 3. The highest BCUT2D eigenvalue weighted by Gasteiger charge is 2.09. The number of nitrogens with two attached hydrogens (primary N) is 1. The van der Waals surface area contributed by atoms with Crippen molar-refractivity contribution in [1.82, 2.24) is 5.32 Å². The molecule has 1 rings (SSSR count). The molecule has 0 fully saturated rings. The second-order valence-electron chi connectivity index (χ2n) is 4.45. The number of nitrogens with one attached hydrogen (secondary N) is 1. The van der Waals surface area contributed by atoms with Crippen molar-refractivity contribution in [3.8, 4) is 0 Å². The van der Waals surface area contributed by atoms with Gasteiger partial charge in [0.15, 0.2) is 15.7 Å². The summed E-state index contributed by atoms with van der Waals surface area (Å²) in [6.07, 6.45) is 0.141. The van der Waals surface area contributed by atoms with Gasteiger partial charge in [0.2, 0.25) is 5.91 Å². The lowest BCUT2D eigenvalue weighted by Crippen LogP contribution is -2.30. The van der Waals surface area contributed by atoms with E-state index in [-0.39, 0.29) is 36.2 Å². The molecule has 0 unspecified atom stereocenters. The number of sulfone groups is 1. The minimum absolute atomic E-state index is 0.00391. The lowest BCUT2D eigenvalue weighted by Gasteiger charge is -2.06. The number of amides is 1. The summed E-state index contributed by atoms with van der Waals surface area (Å²) in [4.78, 5) is 11.7. The molecule has 0 aliphatic rings. The average Bonchev–Trinajstić information content (AvgIpc) is 2.47. The number of hydrogen-bond acceptors (Lipinski definition) is 5. The molecule has 0 aromatic heterocycles. The molecule has 0 aliphatic heterocycles. The van der Waals surface area contributed by atoms with Gasteiger partial charge in [0.05, 0.1) is 12.2 Å². The van der Waals surface area contributed by atoms with E-state index in [9.17, 15) is 13.2 Å². The third kappa shape index (κ3) is 5.82. The number of oxime groups is 1. The summed E-state index contributed by atoms with van der Waals surface area (Å²) in [6, 6.07) is 6.66. The van der Waals surface area contributed by atoms with Crippen LogP contribution in [0.3, 0.4) is 0 Å². The van der Waals surface area contributed by atoms with Crippen molar-refractivity contribution in [2.24, 2.45) is 10.9 Å². The van der Waals surface area contributed by atoms with Crippen LogP contribution in [0.15, 0.2) is 29.4 Å². The Hall–Kier alpha value is -2.09. The zero-order valence-corrected chi connectivity index (χ0v) is 12.6. The van der Waals surface area contributed by atoms with Gasteiger partial charge in [-0.25, -0.2) is 8.42 Å². The summed E-state index contributed by atoms with van der Waals surface area (Å²) in [5.74, 6) is -0.246. The summed E-state index contributed by atoms with van der Waals surface area (Å²) < 4.78 is 22.5. The summed E-state index contributed by atoms with van der Waals surface area (Å²) >= 11 is 0. The van der Waals surface area contributed by atoms with Crippen LogP contribution in [-0.4, -0.2) is 43.4 Å². The van der Waals surface area contributed by atoms with Crippen LogP contribution < -0.4 is 11.1 Å². The van der Waals surface area contributed by atoms with E-state index in [1.165, 1.54) is 0 Å². The number of nitrogens with zero attached hydrogens (tertiary/aromatic N) is 1. The van der Waals surface area contributed by atoms with Crippen molar-refractivity contribution in [3.05, 3.63) is 35.4 Å². The molecule has 0 bridgehead atoms. The Morgan fingerprint density at radius 2 is 1.95 bits per heavy atom. The van der Waals surface area contributed by atoms with Gasteiger partial charge in [-0.1, -0.05) is 36.3 Å². The molecule has 0 saturated heterocycles. The molecule has 1 aromatic carbocycles. The van der Waals surface area contributed by atoms with Crippen molar-refractivity contribution in [2.45, 2.75) is 13.3 Å². The first-order chi connectivity index (χ1) is 9.88. The van der Waals surface area contributed by atoms with Gasteiger partial charge in [0.25, 0.3) is 0 Å². The maximum atomic E-state index is 11.7. The van der Waals surface area contributed by atoms with E-state index in [2.05, 4.69) is 10.5 Å². The Balaban J connectivity index is 2.48. The van der Waals surface area contributed by atoms with E-state index in [1.54, 1.807) is 31.2 Å². The van der Waals surface area contributed by atoms with Crippen molar-refractivity contribution >= 4 is 21.6 Å². The fraction of sp³-hybridized carbons (Fsp3) is 0.385. The number of carbonyl (C=O) groups is 1. The lowest BCUT2D eigenvalue weighted by atomic mass is 10.1. The fourth-order valence-electron chi connectivity index (χ4n) is 1.59. The summed E-state index contributed by atoms with van der Waals surface area (Å²) in [7, 11) is -3.07. The highest BCUT2D eigenvalue weighted by atomic mass is 32.2. The normalized spacial score (nSPS) is 12.1. The molecule has 8 heteroatoms. The Kier molecular flexibility index (Phi) is 6.16. The first kappa shape index (κ1) is 17.0. The Morgan fingerprint density at radius 1 is 1.33 bits per heavy atom. The molecule has 0 radical (unpaired) electrons. The Labute approximate surface area is 123 Å². The van der Waals surface area contributed by atoms with Gasteiger partial charge in [-0.15, -0.1) is 0 Å². The molecule has 0 spiro atoms. The van der Waals surface area contributed by atoms with Crippen LogP contribution in [-0.2, 0) is 21.1 Å². The topological polar surface area (TPSA) is 122 Å². The van der Waals surface area contributed by atoms with E-state index in [0.717, 1.165) is 5.56 Å². The first-order valence-electron chi connectivity index (χ1n) is 6.42.